The van der Waals surface area contributed by atoms with Gasteiger partial charge in [-0.2, -0.15) is 0 Å². The highest BCUT2D eigenvalue weighted by Gasteiger charge is 2.23. The third kappa shape index (κ3) is 4.03. The summed E-state index contributed by atoms with van der Waals surface area (Å²) in [7, 11) is 2.12. The van der Waals surface area contributed by atoms with Gasteiger partial charge in [-0.3, -0.25) is 4.90 Å². The van der Waals surface area contributed by atoms with Crippen molar-refractivity contribution in [1.82, 2.24) is 4.90 Å². The molecule has 0 bridgehead atoms. The van der Waals surface area contributed by atoms with E-state index in [4.69, 9.17) is 10.5 Å². The minimum atomic E-state index is 0.286. The average molecular weight is 262 g/mol. The number of ether oxygens (including phenoxy) is 1. The standard InChI is InChI=1S/C16H26N2O/c1-3-19-11-10-18(2)16(12-17)15-8-6-14(7-9-15)13-4-5-13/h6-9,13,16H,3-5,10-12,17H2,1-2H3. The first-order valence-electron chi connectivity index (χ1n) is 7.34. The number of hydrogen-bond donors (Lipinski definition) is 1. The lowest BCUT2D eigenvalue weighted by atomic mass is 10.0. The first kappa shape index (κ1) is 14.5. The minimum absolute atomic E-state index is 0.286. The Bertz CT molecular complexity index is 373. The molecule has 2 rings (SSSR count). The molecule has 106 valence electrons. The van der Waals surface area contributed by atoms with Gasteiger partial charge in [-0.15, -0.1) is 0 Å². The number of hydrogen-bond acceptors (Lipinski definition) is 3. The lowest BCUT2D eigenvalue weighted by Crippen LogP contribution is -2.33. The number of rotatable bonds is 8. The Morgan fingerprint density at radius 1 is 1.32 bits per heavy atom. The monoisotopic (exact) mass is 262 g/mol. The summed E-state index contributed by atoms with van der Waals surface area (Å²) < 4.78 is 5.41. The van der Waals surface area contributed by atoms with Gasteiger partial charge in [0.2, 0.25) is 0 Å². The van der Waals surface area contributed by atoms with Gasteiger partial charge in [0.25, 0.3) is 0 Å². The van der Waals surface area contributed by atoms with E-state index in [1.807, 2.05) is 6.92 Å². The summed E-state index contributed by atoms with van der Waals surface area (Å²) in [5.41, 5.74) is 8.73. The molecule has 1 aliphatic carbocycles. The van der Waals surface area contributed by atoms with E-state index in [0.29, 0.717) is 6.54 Å². The van der Waals surface area contributed by atoms with Crippen molar-refractivity contribution in [2.24, 2.45) is 5.73 Å². The SMILES string of the molecule is CCOCCN(C)C(CN)c1ccc(C2CC2)cc1. The van der Waals surface area contributed by atoms with Crippen molar-refractivity contribution in [3.05, 3.63) is 35.4 Å². The predicted molar refractivity (Wildman–Crippen MR) is 79.3 cm³/mol. The molecule has 0 aromatic heterocycles. The fourth-order valence-electron chi connectivity index (χ4n) is 2.49. The molecule has 0 amide bonds. The van der Waals surface area contributed by atoms with Crippen molar-refractivity contribution < 1.29 is 4.74 Å². The van der Waals surface area contributed by atoms with Crippen LogP contribution in [0.5, 0.6) is 0 Å². The molecule has 3 nitrogen and oxygen atoms in total. The quantitative estimate of drug-likeness (QED) is 0.732. The average Bonchev–Trinajstić information content (AvgIpc) is 3.25. The van der Waals surface area contributed by atoms with Crippen LogP contribution in [0.15, 0.2) is 24.3 Å². The predicted octanol–water partition coefficient (Wildman–Crippen LogP) is 2.53. The fourth-order valence-corrected chi connectivity index (χ4v) is 2.49. The lowest BCUT2D eigenvalue weighted by molar-refractivity contribution is 0.108. The zero-order valence-electron chi connectivity index (χ0n) is 12.1. The molecule has 1 unspecified atom stereocenters. The summed E-state index contributed by atoms with van der Waals surface area (Å²) in [4.78, 5) is 2.28. The molecule has 0 aliphatic heterocycles. The van der Waals surface area contributed by atoms with Crippen molar-refractivity contribution >= 4 is 0 Å². The largest absolute Gasteiger partial charge is 0.380 e. The van der Waals surface area contributed by atoms with E-state index in [9.17, 15) is 0 Å². The van der Waals surface area contributed by atoms with Gasteiger partial charge >= 0.3 is 0 Å². The first-order chi connectivity index (χ1) is 9.26. The summed E-state index contributed by atoms with van der Waals surface area (Å²) >= 11 is 0. The molecule has 1 aliphatic rings. The van der Waals surface area contributed by atoms with Crippen LogP contribution in [0, 0.1) is 0 Å². The molecule has 1 atom stereocenters. The first-order valence-corrected chi connectivity index (χ1v) is 7.34. The van der Waals surface area contributed by atoms with Gasteiger partial charge in [0.15, 0.2) is 0 Å². The van der Waals surface area contributed by atoms with Gasteiger partial charge in [-0.1, -0.05) is 24.3 Å². The molecule has 0 heterocycles. The molecular weight excluding hydrogens is 236 g/mol. The Hall–Kier alpha value is -0.900. The van der Waals surface area contributed by atoms with Crippen LogP contribution in [0.3, 0.4) is 0 Å². The van der Waals surface area contributed by atoms with E-state index in [2.05, 4.69) is 36.2 Å². The zero-order chi connectivity index (χ0) is 13.7. The molecule has 3 heteroatoms. The fraction of sp³-hybridized carbons (Fsp3) is 0.625. The van der Waals surface area contributed by atoms with E-state index < -0.39 is 0 Å². The van der Waals surface area contributed by atoms with Crippen molar-refractivity contribution in [2.75, 3.05) is 33.4 Å². The Morgan fingerprint density at radius 3 is 2.53 bits per heavy atom. The Balaban J connectivity index is 1.95. The van der Waals surface area contributed by atoms with Gasteiger partial charge in [0, 0.05) is 25.7 Å². The van der Waals surface area contributed by atoms with Gasteiger partial charge in [0.05, 0.1) is 6.61 Å². The highest BCUT2D eigenvalue weighted by atomic mass is 16.5. The molecule has 19 heavy (non-hydrogen) atoms. The van der Waals surface area contributed by atoms with Crippen LogP contribution in [0.1, 0.15) is 42.9 Å². The molecule has 1 aromatic rings. The maximum absolute atomic E-state index is 5.94. The Labute approximate surface area is 116 Å². The highest BCUT2D eigenvalue weighted by Crippen LogP contribution is 2.40. The molecule has 0 radical (unpaired) electrons. The van der Waals surface area contributed by atoms with Crippen LogP contribution < -0.4 is 5.73 Å². The Morgan fingerprint density at radius 2 is 2.00 bits per heavy atom. The second-order valence-electron chi connectivity index (χ2n) is 5.37. The maximum Gasteiger partial charge on any atom is 0.0593 e. The summed E-state index contributed by atoms with van der Waals surface area (Å²) in [6, 6.07) is 9.30. The number of benzene rings is 1. The number of likely N-dealkylation sites (N-methyl/N-ethyl adjacent to an activating group) is 1. The van der Waals surface area contributed by atoms with Crippen LogP contribution in [-0.2, 0) is 4.74 Å². The van der Waals surface area contributed by atoms with Gasteiger partial charge in [-0.05, 0) is 43.9 Å². The molecule has 1 fully saturated rings. The summed E-state index contributed by atoms with van der Waals surface area (Å²) in [5.74, 6) is 0.820. The smallest absolute Gasteiger partial charge is 0.0593 e. The highest BCUT2D eigenvalue weighted by molar-refractivity contribution is 5.29. The minimum Gasteiger partial charge on any atom is -0.380 e. The molecule has 1 saturated carbocycles. The molecular formula is C16H26N2O. The van der Waals surface area contributed by atoms with Gasteiger partial charge < -0.3 is 10.5 Å². The molecule has 2 N–H and O–H groups in total. The van der Waals surface area contributed by atoms with Gasteiger partial charge in [0.1, 0.15) is 0 Å². The third-order valence-corrected chi connectivity index (χ3v) is 3.92. The molecule has 1 aromatic carbocycles. The Kier molecular flexibility index (Phi) is 5.37. The van der Waals surface area contributed by atoms with E-state index >= 15 is 0 Å². The van der Waals surface area contributed by atoms with E-state index in [0.717, 1.165) is 25.7 Å². The van der Waals surface area contributed by atoms with Crippen molar-refractivity contribution in [3.63, 3.8) is 0 Å². The molecule has 0 spiro atoms. The van der Waals surface area contributed by atoms with Crippen LogP contribution in [-0.4, -0.2) is 38.3 Å². The normalized spacial score (nSPS) is 16.8. The van der Waals surface area contributed by atoms with E-state index in [1.165, 1.54) is 24.0 Å². The summed E-state index contributed by atoms with van der Waals surface area (Å²) in [5, 5.41) is 0. The van der Waals surface area contributed by atoms with Crippen LogP contribution in [0.2, 0.25) is 0 Å². The second-order valence-corrected chi connectivity index (χ2v) is 5.37. The van der Waals surface area contributed by atoms with E-state index in [-0.39, 0.29) is 6.04 Å². The van der Waals surface area contributed by atoms with Crippen molar-refractivity contribution in [3.8, 4) is 0 Å². The second kappa shape index (κ2) is 7.04. The summed E-state index contributed by atoms with van der Waals surface area (Å²) in [6.07, 6.45) is 2.71. The van der Waals surface area contributed by atoms with Crippen LogP contribution in [0.4, 0.5) is 0 Å². The van der Waals surface area contributed by atoms with Crippen LogP contribution >= 0.6 is 0 Å². The van der Waals surface area contributed by atoms with Crippen molar-refractivity contribution in [1.29, 1.82) is 0 Å². The summed E-state index contributed by atoms with van der Waals surface area (Å²) in [6.45, 7) is 5.13. The van der Waals surface area contributed by atoms with E-state index in [1.54, 1.807) is 0 Å². The lowest BCUT2D eigenvalue weighted by Gasteiger charge is -2.27. The van der Waals surface area contributed by atoms with Gasteiger partial charge in [-0.25, -0.2) is 0 Å². The van der Waals surface area contributed by atoms with Crippen LogP contribution in [0.25, 0.3) is 0 Å². The number of nitrogens with two attached hydrogens (primary N) is 1. The topological polar surface area (TPSA) is 38.5 Å². The number of nitrogens with zero attached hydrogens (tertiary/aromatic N) is 1. The zero-order valence-corrected chi connectivity index (χ0v) is 12.1. The van der Waals surface area contributed by atoms with Crippen molar-refractivity contribution in [2.45, 2.75) is 31.7 Å². The third-order valence-electron chi connectivity index (χ3n) is 3.92. The maximum atomic E-state index is 5.94. The molecule has 0 saturated heterocycles.